The molecule has 0 saturated heterocycles. The topological polar surface area (TPSA) is 74.8 Å². The Morgan fingerprint density at radius 3 is 2.78 bits per heavy atom. The molecule has 122 valence electrons. The number of aromatic nitrogens is 2. The minimum Gasteiger partial charge on any atom is -0.325 e. The first kappa shape index (κ1) is 17.6. The van der Waals surface area contributed by atoms with Crippen LogP contribution in [0.1, 0.15) is 23.7 Å². The highest BCUT2D eigenvalue weighted by Gasteiger charge is 2.10. The number of aromatic amines is 1. The van der Waals surface area contributed by atoms with Gasteiger partial charge >= 0.3 is 0 Å². The molecule has 0 fully saturated rings. The van der Waals surface area contributed by atoms with Crippen LogP contribution in [0, 0.1) is 13.8 Å². The molecular weight excluding hydrogens is 334 g/mol. The first-order valence-electron chi connectivity index (χ1n) is 7.20. The number of carbonyl (C=O) groups excluding carboxylic acids is 1. The van der Waals surface area contributed by atoms with E-state index in [2.05, 4.69) is 15.3 Å². The highest BCUT2D eigenvalue weighted by molar-refractivity contribution is 7.99. The van der Waals surface area contributed by atoms with E-state index in [9.17, 15) is 9.59 Å². The van der Waals surface area contributed by atoms with Crippen molar-refractivity contribution in [1.82, 2.24) is 9.97 Å². The summed E-state index contributed by atoms with van der Waals surface area (Å²) in [4.78, 5) is 30.9. The summed E-state index contributed by atoms with van der Waals surface area (Å²) >= 11 is 7.23. The predicted molar refractivity (Wildman–Crippen MR) is 94.5 cm³/mol. The molecule has 0 spiro atoms. The Bertz CT molecular complexity index is 789. The molecule has 0 bridgehead atoms. The van der Waals surface area contributed by atoms with Gasteiger partial charge in [-0.1, -0.05) is 36.4 Å². The van der Waals surface area contributed by atoms with E-state index in [1.54, 1.807) is 25.1 Å². The van der Waals surface area contributed by atoms with Gasteiger partial charge in [-0.2, -0.15) is 0 Å². The van der Waals surface area contributed by atoms with Crippen LogP contribution in [-0.4, -0.2) is 21.6 Å². The average molecular weight is 352 g/mol. The van der Waals surface area contributed by atoms with Crippen LogP contribution in [0.5, 0.6) is 0 Å². The lowest BCUT2D eigenvalue weighted by atomic mass is 10.2. The summed E-state index contributed by atoms with van der Waals surface area (Å²) in [5.41, 5.74) is 2.72. The van der Waals surface area contributed by atoms with Crippen LogP contribution in [-0.2, 0) is 11.2 Å². The maximum atomic E-state index is 12.1. The van der Waals surface area contributed by atoms with Gasteiger partial charge in [0.05, 0.1) is 11.4 Å². The summed E-state index contributed by atoms with van der Waals surface area (Å²) in [5, 5.41) is 3.87. The molecule has 7 heteroatoms. The molecule has 2 N–H and O–H groups in total. The van der Waals surface area contributed by atoms with Crippen LogP contribution in [0.3, 0.4) is 0 Å². The molecule has 2 rings (SSSR count). The van der Waals surface area contributed by atoms with Gasteiger partial charge in [0.2, 0.25) is 5.91 Å². The summed E-state index contributed by atoms with van der Waals surface area (Å²) in [6, 6.07) is 5.35. The number of nitrogens with zero attached hydrogens (tertiary/aromatic N) is 1. The highest BCUT2D eigenvalue weighted by atomic mass is 35.5. The van der Waals surface area contributed by atoms with Gasteiger partial charge in [0, 0.05) is 16.3 Å². The number of benzene rings is 1. The van der Waals surface area contributed by atoms with Crippen molar-refractivity contribution in [3.05, 3.63) is 50.4 Å². The minimum atomic E-state index is -0.179. The number of hydrogen-bond acceptors (Lipinski definition) is 4. The molecule has 1 amide bonds. The lowest BCUT2D eigenvalue weighted by Gasteiger charge is -2.09. The summed E-state index contributed by atoms with van der Waals surface area (Å²) < 4.78 is 0. The van der Waals surface area contributed by atoms with Crippen molar-refractivity contribution in [2.24, 2.45) is 0 Å². The second-order valence-corrected chi connectivity index (χ2v) is 6.42. The van der Waals surface area contributed by atoms with Crippen molar-refractivity contribution in [2.75, 3.05) is 11.1 Å². The monoisotopic (exact) mass is 351 g/mol. The van der Waals surface area contributed by atoms with Gasteiger partial charge in [-0.3, -0.25) is 9.59 Å². The fourth-order valence-corrected chi connectivity index (χ4v) is 2.89. The van der Waals surface area contributed by atoms with E-state index in [-0.39, 0.29) is 17.2 Å². The molecule has 1 aromatic carbocycles. The van der Waals surface area contributed by atoms with Crippen molar-refractivity contribution in [1.29, 1.82) is 0 Å². The highest BCUT2D eigenvalue weighted by Crippen LogP contribution is 2.23. The van der Waals surface area contributed by atoms with Gasteiger partial charge in [-0.15, -0.1) is 0 Å². The van der Waals surface area contributed by atoms with Crippen molar-refractivity contribution < 1.29 is 4.79 Å². The van der Waals surface area contributed by atoms with Gasteiger partial charge in [-0.05, 0) is 38.0 Å². The Morgan fingerprint density at radius 2 is 2.09 bits per heavy atom. The molecule has 0 atom stereocenters. The number of amides is 1. The third-order valence-corrected chi connectivity index (χ3v) is 4.73. The molecule has 5 nitrogen and oxygen atoms in total. The van der Waals surface area contributed by atoms with E-state index < -0.39 is 0 Å². The Kier molecular flexibility index (Phi) is 5.85. The number of rotatable bonds is 5. The quantitative estimate of drug-likeness (QED) is 0.640. The zero-order valence-electron chi connectivity index (χ0n) is 13.2. The molecule has 0 saturated carbocycles. The number of thioether (sulfide) groups is 1. The van der Waals surface area contributed by atoms with E-state index in [0.29, 0.717) is 27.9 Å². The maximum absolute atomic E-state index is 12.1. The van der Waals surface area contributed by atoms with Gasteiger partial charge < -0.3 is 10.3 Å². The number of carbonyl (C=O) groups is 1. The third-order valence-electron chi connectivity index (χ3n) is 3.45. The van der Waals surface area contributed by atoms with E-state index in [0.717, 1.165) is 11.3 Å². The maximum Gasteiger partial charge on any atom is 0.254 e. The third kappa shape index (κ3) is 4.36. The summed E-state index contributed by atoms with van der Waals surface area (Å²) in [7, 11) is 0. The molecule has 2 aromatic rings. The van der Waals surface area contributed by atoms with Crippen LogP contribution in [0.25, 0.3) is 0 Å². The molecule has 23 heavy (non-hydrogen) atoms. The Hall–Kier alpha value is -1.79. The smallest absolute Gasteiger partial charge is 0.254 e. The van der Waals surface area contributed by atoms with Crippen LogP contribution < -0.4 is 10.9 Å². The van der Waals surface area contributed by atoms with Gasteiger partial charge in [0.25, 0.3) is 5.56 Å². The van der Waals surface area contributed by atoms with Crippen LogP contribution >= 0.6 is 23.4 Å². The number of halogens is 1. The van der Waals surface area contributed by atoms with Crippen molar-refractivity contribution in [2.45, 2.75) is 32.3 Å². The van der Waals surface area contributed by atoms with Gasteiger partial charge in [0.15, 0.2) is 5.16 Å². The molecule has 1 heterocycles. The van der Waals surface area contributed by atoms with Crippen LogP contribution in [0.15, 0.2) is 28.2 Å². The van der Waals surface area contributed by atoms with Crippen molar-refractivity contribution in [3.63, 3.8) is 0 Å². The van der Waals surface area contributed by atoms with E-state index in [4.69, 9.17) is 11.6 Å². The molecular formula is C16H18ClN3O2S. The fourth-order valence-electron chi connectivity index (χ4n) is 2.03. The lowest BCUT2D eigenvalue weighted by molar-refractivity contribution is -0.113. The molecule has 0 aliphatic heterocycles. The standard InChI is InChI=1S/C16H18ClN3O2S/c1-4-12-10(3)15(22)20-16(19-12)23-8-14(21)18-13-7-5-6-11(17)9(13)2/h5-7H,4,8H2,1-3H3,(H,18,21)(H,19,20,22). The second-order valence-electron chi connectivity index (χ2n) is 5.05. The molecule has 0 aliphatic carbocycles. The molecule has 1 aromatic heterocycles. The number of aryl methyl sites for hydroxylation is 1. The number of H-pyrrole nitrogens is 1. The zero-order chi connectivity index (χ0) is 17.0. The SMILES string of the molecule is CCc1nc(SCC(=O)Nc2cccc(Cl)c2C)[nH]c(=O)c1C. The number of anilines is 1. The van der Waals surface area contributed by atoms with Gasteiger partial charge in [-0.25, -0.2) is 4.98 Å². The van der Waals surface area contributed by atoms with Crippen molar-refractivity contribution >= 4 is 35.0 Å². The minimum absolute atomic E-state index is 0.154. The number of nitrogens with one attached hydrogen (secondary N) is 2. The summed E-state index contributed by atoms with van der Waals surface area (Å²) in [6.07, 6.45) is 0.678. The first-order chi connectivity index (χ1) is 10.9. The Balaban J connectivity index is 2.04. The second kappa shape index (κ2) is 7.66. The average Bonchev–Trinajstić information content (AvgIpc) is 2.52. The molecule has 0 radical (unpaired) electrons. The van der Waals surface area contributed by atoms with E-state index in [1.807, 2.05) is 13.8 Å². The van der Waals surface area contributed by atoms with Crippen LogP contribution in [0.4, 0.5) is 5.69 Å². The van der Waals surface area contributed by atoms with Crippen molar-refractivity contribution in [3.8, 4) is 0 Å². The number of hydrogen-bond donors (Lipinski definition) is 2. The lowest BCUT2D eigenvalue weighted by Crippen LogP contribution is -2.18. The normalized spacial score (nSPS) is 10.6. The molecule has 0 aliphatic rings. The zero-order valence-corrected chi connectivity index (χ0v) is 14.8. The fraction of sp³-hybridized carbons (Fsp3) is 0.312. The summed E-state index contributed by atoms with van der Waals surface area (Å²) in [5.74, 6) is -0.0252. The summed E-state index contributed by atoms with van der Waals surface area (Å²) in [6.45, 7) is 5.53. The largest absolute Gasteiger partial charge is 0.325 e. The van der Waals surface area contributed by atoms with E-state index in [1.165, 1.54) is 11.8 Å². The van der Waals surface area contributed by atoms with Crippen LogP contribution in [0.2, 0.25) is 5.02 Å². The Labute approximate surface area is 143 Å². The molecule has 0 unspecified atom stereocenters. The van der Waals surface area contributed by atoms with Gasteiger partial charge in [0.1, 0.15) is 0 Å². The Morgan fingerprint density at radius 1 is 1.35 bits per heavy atom. The predicted octanol–water partition coefficient (Wildman–Crippen LogP) is 3.33. The van der Waals surface area contributed by atoms with E-state index >= 15 is 0 Å². The first-order valence-corrected chi connectivity index (χ1v) is 8.56.